The van der Waals surface area contributed by atoms with Crippen LogP contribution in [0.15, 0.2) is 53.0 Å². The van der Waals surface area contributed by atoms with Crippen molar-refractivity contribution in [1.82, 2.24) is 0 Å². The molecule has 0 spiro atoms. The van der Waals surface area contributed by atoms with E-state index in [1.54, 1.807) is 19.1 Å². The summed E-state index contributed by atoms with van der Waals surface area (Å²) < 4.78 is 58.1. The molecule has 0 N–H and O–H groups in total. The van der Waals surface area contributed by atoms with E-state index in [9.17, 15) is 22.8 Å². The van der Waals surface area contributed by atoms with Crippen molar-refractivity contribution in [1.29, 1.82) is 0 Å². The third-order valence-corrected chi connectivity index (χ3v) is 5.10. The van der Waals surface area contributed by atoms with Crippen molar-refractivity contribution in [3.05, 3.63) is 65.3 Å². The average Bonchev–Trinajstić information content (AvgIpc) is 3.10. The summed E-state index contributed by atoms with van der Waals surface area (Å²) in [4.78, 5) is 23.3. The topological polar surface area (TPSA) is 65.7 Å². The molecule has 33 heavy (non-hydrogen) atoms. The average molecular weight is 460 g/mol. The van der Waals surface area contributed by atoms with Gasteiger partial charge in [-0.3, -0.25) is 0 Å². The van der Waals surface area contributed by atoms with Crippen LogP contribution in [0.1, 0.15) is 37.0 Å². The number of hydrogen-bond donors (Lipinski definition) is 0. The number of ether oxygens (including phenoxy) is 2. The molecule has 0 bridgehead atoms. The third-order valence-electron chi connectivity index (χ3n) is 5.10. The van der Waals surface area contributed by atoms with E-state index in [1.165, 1.54) is 26.0 Å². The first kappa shape index (κ1) is 24.1. The molecule has 0 unspecified atom stereocenters. The molecule has 174 valence electrons. The predicted molar refractivity (Wildman–Crippen MR) is 118 cm³/mol. The van der Waals surface area contributed by atoms with Crippen molar-refractivity contribution in [2.45, 2.75) is 39.8 Å². The maximum absolute atomic E-state index is 14.1. The molecule has 3 aromatic rings. The van der Waals surface area contributed by atoms with Gasteiger partial charge in [0.05, 0.1) is 6.61 Å². The lowest BCUT2D eigenvalue weighted by atomic mass is 9.99. The van der Waals surface area contributed by atoms with Crippen molar-refractivity contribution in [3.8, 4) is 5.75 Å². The molecule has 0 fully saturated rings. The smallest absolute Gasteiger partial charge is 0.420 e. The first-order valence-corrected chi connectivity index (χ1v) is 10.2. The number of aryl methyl sites for hydroxylation is 2. The predicted octanol–water partition coefficient (Wildman–Crippen LogP) is 6.45. The van der Waals surface area contributed by atoms with E-state index in [2.05, 4.69) is 13.2 Å². The molecule has 0 saturated heterocycles. The first-order chi connectivity index (χ1) is 15.4. The van der Waals surface area contributed by atoms with Gasteiger partial charge in [0.1, 0.15) is 22.5 Å². The van der Waals surface area contributed by atoms with Crippen LogP contribution >= 0.6 is 0 Å². The minimum atomic E-state index is -4.67. The highest BCUT2D eigenvalue weighted by Crippen LogP contribution is 2.43. The van der Waals surface area contributed by atoms with E-state index >= 15 is 0 Å². The van der Waals surface area contributed by atoms with Gasteiger partial charge in [0.15, 0.2) is 0 Å². The largest absolute Gasteiger partial charge is 0.462 e. The molecule has 2 aromatic carbocycles. The molecule has 0 aliphatic carbocycles. The van der Waals surface area contributed by atoms with Crippen LogP contribution in [-0.2, 0) is 26.9 Å². The minimum absolute atomic E-state index is 0.0300. The van der Waals surface area contributed by atoms with Crippen LogP contribution in [0.25, 0.3) is 21.9 Å². The fourth-order valence-electron chi connectivity index (χ4n) is 3.43. The molecule has 0 aliphatic rings. The number of furan rings is 1. The maximum Gasteiger partial charge on any atom is 0.420 e. The Morgan fingerprint density at radius 2 is 1.58 bits per heavy atom. The molecule has 0 aliphatic heterocycles. The second-order valence-corrected chi connectivity index (χ2v) is 7.83. The van der Waals surface area contributed by atoms with E-state index in [0.717, 1.165) is 0 Å². The Kier molecular flexibility index (Phi) is 6.67. The number of benzene rings is 2. The van der Waals surface area contributed by atoms with Gasteiger partial charge in [-0.15, -0.1) is 0 Å². The molecule has 0 radical (unpaired) electrons. The number of alkyl halides is 3. The van der Waals surface area contributed by atoms with E-state index in [4.69, 9.17) is 13.9 Å². The Labute approximate surface area is 188 Å². The zero-order chi connectivity index (χ0) is 24.5. The van der Waals surface area contributed by atoms with Crippen LogP contribution in [0.4, 0.5) is 13.2 Å². The fourth-order valence-corrected chi connectivity index (χ4v) is 3.43. The van der Waals surface area contributed by atoms with Crippen molar-refractivity contribution in [2.24, 2.45) is 0 Å². The fraction of sp³-hybridized carbons (Fsp3) is 0.280. The van der Waals surface area contributed by atoms with Crippen LogP contribution in [0, 0.1) is 6.92 Å². The van der Waals surface area contributed by atoms with Crippen LogP contribution in [0.3, 0.4) is 0 Å². The summed E-state index contributed by atoms with van der Waals surface area (Å²) in [5, 5.41) is 0.778. The van der Waals surface area contributed by atoms with Crippen LogP contribution < -0.4 is 4.74 Å². The highest BCUT2D eigenvalue weighted by Gasteiger charge is 2.37. The Morgan fingerprint density at radius 3 is 2.18 bits per heavy atom. The Bertz CT molecular complexity index is 1280. The molecule has 0 amide bonds. The lowest BCUT2D eigenvalue weighted by Crippen LogP contribution is -2.11. The first-order valence-electron chi connectivity index (χ1n) is 10.2. The Hall–Kier alpha value is -3.55. The van der Waals surface area contributed by atoms with Crippen LogP contribution in [0.2, 0.25) is 0 Å². The lowest BCUT2D eigenvalue weighted by molar-refractivity contribution is -0.140. The van der Waals surface area contributed by atoms with E-state index in [1.807, 2.05) is 0 Å². The highest BCUT2D eigenvalue weighted by atomic mass is 19.4. The third kappa shape index (κ3) is 4.94. The van der Waals surface area contributed by atoms with Crippen molar-refractivity contribution < 1.29 is 36.7 Å². The summed E-state index contributed by atoms with van der Waals surface area (Å²) in [5.74, 6) is -1.04. The number of fused-ring (bicyclic) bond motifs is 3. The van der Waals surface area contributed by atoms with Gasteiger partial charge in [-0.25, -0.2) is 9.59 Å². The maximum atomic E-state index is 14.1. The second kappa shape index (κ2) is 9.13. The molecular formula is C25H23F3O5. The van der Waals surface area contributed by atoms with Gasteiger partial charge in [-0.05, 0) is 51.3 Å². The monoisotopic (exact) mass is 460 g/mol. The summed E-state index contributed by atoms with van der Waals surface area (Å²) in [7, 11) is 0. The van der Waals surface area contributed by atoms with Gasteiger partial charge < -0.3 is 13.9 Å². The number of halogens is 3. The van der Waals surface area contributed by atoms with Gasteiger partial charge in [0, 0.05) is 27.5 Å². The summed E-state index contributed by atoms with van der Waals surface area (Å²) in [6.07, 6.45) is -4.43. The number of carbonyl (C=O) groups excluding carboxylic acids is 2. The van der Waals surface area contributed by atoms with Gasteiger partial charge in [0.2, 0.25) is 0 Å². The SMILES string of the molecule is C=C(C)C(=O)OCCCc1ccc2c(oc3c(C)c(OC(=O)C(=C)C)ccc32)c1C(F)(F)F. The molecule has 3 rings (SSSR count). The number of esters is 2. The normalized spacial score (nSPS) is 11.6. The van der Waals surface area contributed by atoms with Gasteiger partial charge in [-0.1, -0.05) is 25.3 Å². The van der Waals surface area contributed by atoms with Gasteiger partial charge >= 0.3 is 18.1 Å². The quantitative estimate of drug-likeness (QED) is 0.176. The zero-order valence-corrected chi connectivity index (χ0v) is 18.5. The van der Waals surface area contributed by atoms with E-state index in [-0.39, 0.29) is 53.1 Å². The molecule has 5 nitrogen and oxygen atoms in total. The molecule has 0 atom stereocenters. The molecule has 0 saturated carbocycles. The lowest BCUT2D eigenvalue weighted by Gasteiger charge is -2.13. The standard InChI is InChI=1S/C25H23F3O5/c1-13(2)23(29)31-12-6-7-16-8-9-18-17-10-11-19(32-24(30)14(3)4)15(5)21(17)33-22(18)20(16)25(26,27)28/h8-11H,1,3,6-7,12H2,2,4-5H3. The molecule has 1 aromatic heterocycles. The van der Waals surface area contributed by atoms with Gasteiger partial charge in [0.25, 0.3) is 0 Å². The van der Waals surface area contributed by atoms with E-state index < -0.39 is 23.7 Å². The molecule has 1 heterocycles. The summed E-state index contributed by atoms with van der Waals surface area (Å²) in [5.41, 5.74) is -0.111. The van der Waals surface area contributed by atoms with Crippen molar-refractivity contribution >= 4 is 33.9 Å². The minimum Gasteiger partial charge on any atom is -0.462 e. The van der Waals surface area contributed by atoms with Crippen molar-refractivity contribution in [2.75, 3.05) is 6.61 Å². The summed E-state index contributed by atoms with van der Waals surface area (Å²) in [6.45, 7) is 11.5. The van der Waals surface area contributed by atoms with Crippen LogP contribution in [-0.4, -0.2) is 18.5 Å². The summed E-state index contributed by atoms with van der Waals surface area (Å²) >= 11 is 0. The number of rotatable bonds is 7. The second-order valence-electron chi connectivity index (χ2n) is 7.83. The number of carbonyl (C=O) groups is 2. The molecular weight excluding hydrogens is 437 g/mol. The van der Waals surface area contributed by atoms with Crippen molar-refractivity contribution in [3.63, 3.8) is 0 Å². The highest BCUT2D eigenvalue weighted by molar-refractivity contribution is 6.08. The zero-order valence-electron chi connectivity index (χ0n) is 18.5. The number of hydrogen-bond acceptors (Lipinski definition) is 5. The Balaban J connectivity index is 2.03. The molecule has 8 heteroatoms. The van der Waals surface area contributed by atoms with E-state index in [0.29, 0.717) is 16.3 Å². The van der Waals surface area contributed by atoms with Crippen LogP contribution in [0.5, 0.6) is 5.75 Å². The Morgan fingerprint density at radius 1 is 0.970 bits per heavy atom. The van der Waals surface area contributed by atoms with Gasteiger partial charge in [-0.2, -0.15) is 13.2 Å². The summed E-state index contributed by atoms with van der Waals surface area (Å²) in [6, 6.07) is 6.06.